The van der Waals surface area contributed by atoms with Crippen molar-refractivity contribution in [1.29, 1.82) is 5.26 Å². The van der Waals surface area contributed by atoms with E-state index in [-0.39, 0.29) is 11.2 Å². The van der Waals surface area contributed by atoms with Crippen molar-refractivity contribution in [2.45, 2.75) is 33.1 Å². The Morgan fingerprint density at radius 2 is 1.52 bits per heavy atom. The Bertz CT molecular complexity index is 1970. The molecule has 0 saturated carbocycles. The maximum atomic E-state index is 15.0. The quantitative estimate of drug-likeness (QED) is 0.216. The molecule has 0 unspecified atom stereocenters. The molecule has 0 N–H and O–H groups in total. The van der Waals surface area contributed by atoms with Crippen LogP contribution in [0.1, 0.15) is 37.5 Å². The third-order valence-electron chi connectivity index (χ3n) is 7.65. The minimum atomic E-state index is -0.360. The molecule has 0 aliphatic rings. The van der Waals surface area contributed by atoms with Gasteiger partial charge in [-0.25, -0.2) is 4.39 Å². The van der Waals surface area contributed by atoms with E-state index in [9.17, 15) is 5.26 Å². The normalized spacial score (nSPS) is 11.7. The third-order valence-corrected chi connectivity index (χ3v) is 7.65. The number of nitriles is 1. The molecule has 2 heterocycles. The highest BCUT2D eigenvalue weighted by molar-refractivity contribution is 6.13. The molecule has 40 heavy (non-hydrogen) atoms. The molecule has 0 atom stereocenters. The number of nitrogens with zero attached hydrogens (tertiary/aromatic N) is 2. The van der Waals surface area contributed by atoms with Crippen LogP contribution in [-0.2, 0) is 12.5 Å². The zero-order valence-electron chi connectivity index (χ0n) is 23.3. The molecule has 0 fully saturated rings. The van der Waals surface area contributed by atoms with Gasteiger partial charge in [0.25, 0.3) is 0 Å². The van der Waals surface area contributed by atoms with E-state index in [4.69, 9.17) is 4.42 Å². The summed E-state index contributed by atoms with van der Waals surface area (Å²) < 4.78 is 23.6. The number of rotatable bonds is 3. The number of furan rings is 1. The lowest BCUT2D eigenvalue weighted by atomic mass is 9.86. The van der Waals surface area contributed by atoms with Gasteiger partial charge in [-0.2, -0.15) is 9.83 Å². The van der Waals surface area contributed by atoms with Crippen molar-refractivity contribution < 1.29 is 13.4 Å². The Labute approximate surface area is 233 Å². The van der Waals surface area contributed by atoms with Crippen LogP contribution in [-0.4, -0.2) is 0 Å². The molecule has 0 saturated heterocycles. The van der Waals surface area contributed by atoms with E-state index in [0.717, 1.165) is 61.0 Å². The highest BCUT2D eigenvalue weighted by Crippen LogP contribution is 2.42. The highest BCUT2D eigenvalue weighted by Gasteiger charge is 2.28. The summed E-state index contributed by atoms with van der Waals surface area (Å²) in [6, 6.07) is 30.8. The van der Waals surface area contributed by atoms with Crippen LogP contribution in [0.25, 0.3) is 55.4 Å². The van der Waals surface area contributed by atoms with E-state index in [2.05, 4.69) is 48.5 Å². The van der Waals surface area contributed by atoms with Crippen LogP contribution in [0.4, 0.5) is 4.39 Å². The largest absolute Gasteiger partial charge is 0.454 e. The fraction of sp³-hybridized carbons (Fsp3) is 0.167. The van der Waals surface area contributed by atoms with Gasteiger partial charge in [-0.05, 0) is 52.8 Å². The first-order valence-electron chi connectivity index (χ1n) is 13.4. The molecule has 0 aliphatic heterocycles. The first-order valence-corrected chi connectivity index (χ1v) is 13.4. The smallest absolute Gasteiger partial charge is 0.216 e. The number of fused-ring (bicyclic) bond motifs is 3. The summed E-state index contributed by atoms with van der Waals surface area (Å²) in [6.45, 7) is 8.10. The van der Waals surface area contributed by atoms with Gasteiger partial charge in [0.05, 0.1) is 17.2 Å². The second-order valence-electron chi connectivity index (χ2n) is 11.5. The number of hydrogen-bond acceptors (Lipinski definition) is 2. The zero-order valence-corrected chi connectivity index (χ0v) is 23.3. The molecular weight excluding hydrogens is 495 g/mol. The lowest BCUT2D eigenvalue weighted by molar-refractivity contribution is -0.662. The van der Waals surface area contributed by atoms with E-state index in [1.165, 1.54) is 0 Å². The highest BCUT2D eigenvalue weighted by atomic mass is 19.1. The molecule has 196 valence electrons. The standard InChI is InChI=1S/C36H30FN2O/c1-22-14-15-27-29-17-23(20-38)16-28(26-13-9-12-25(18-26)24-10-7-6-8-11-24)34(29)40-35(27)33(22)32-19-30(36(2,3)4)31(37)21-39(32)5/h6-19,21H,1-5H3/q+1. The van der Waals surface area contributed by atoms with Gasteiger partial charge in [-0.1, -0.05) is 81.4 Å². The Morgan fingerprint density at radius 3 is 2.25 bits per heavy atom. The molecule has 6 rings (SSSR count). The number of benzene rings is 4. The summed E-state index contributed by atoms with van der Waals surface area (Å²) in [4.78, 5) is 0. The van der Waals surface area contributed by atoms with Crippen LogP contribution >= 0.6 is 0 Å². The van der Waals surface area contributed by atoms with Crippen molar-refractivity contribution in [3.05, 3.63) is 114 Å². The summed E-state index contributed by atoms with van der Waals surface area (Å²) in [5.41, 5.74) is 9.20. The molecule has 6 aromatic rings. The predicted molar refractivity (Wildman–Crippen MR) is 159 cm³/mol. The van der Waals surface area contributed by atoms with Crippen molar-refractivity contribution in [2.24, 2.45) is 7.05 Å². The molecule has 0 bridgehead atoms. The summed E-state index contributed by atoms with van der Waals surface area (Å²) in [7, 11) is 1.86. The van der Waals surface area contributed by atoms with Gasteiger partial charge < -0.3 is 4.42 Å². The second kappa shape index (κ2) is 9.47. The molecule has 4 heteroatoms. The number of hydrogen-bond donors (Lipinski definition) is 0. The van der Waals surface area contributed by atoms with Gasteiger partial charge in [0.1, 0.15) is 18.2 Å². The summed E-state index contributed by atoms with van der Waals surface area (Å²) in [5, 5.41) is 11.7. The van der Waals surface area contributed by atoms with E-state index in [1.54, 1.807) is 6.20 Å². The molecule has 2 aromatic heterocycles. The molecular formula is C36H30FN2O+. The minimum Gasteiger partial charge on any atom is -0.454 e. The van der Waals surface area contributed by atoms with E-state index in [0.29, 0.717) is 11.1 Å². The number of pyridine rings is 1. The molecule has 0 amide bonds. The first kappa shape index (κ1) is 25.5. The van der Waals surface area contributed by atoms with Crippen molar-refractivity contribution >= 4 is 21.9 Å². The van der Waals surface area contributed by atoms with Crippen molar-refractivity contribution in [1.82, 2.24) is 0 Å². The van der Waals surface area contributed by atoms with Gasteiger partial charge in [-0.3, -0.25) is 0 Å². The fourth-order valence-corrected chi connectivity index (χ4v) is 5.57. The maximum Gasteiger partial charge on any atom is 0.216 e. The Balaban J connectivity index is 1.65. The van der Waals surface area contributed by atoms with Crippen LogP contribution in [0, 0.1) is 24.1 Å². The number of aromatic nitrogens is 1. The monoisotopic (exact) mass is 525 g/mol. The van der Waals surface area contributed by atoms with Gasteiger partial charge in [0.15, 0.2) is 5.82 Å². The number of halogens is 1. The van der Waals surface area contributed by atoms with Crippen molar-refractivity contribution in [3.8, 4) is 39.6 Å². The van der Waals surface area contributed by atoms with E-state index in [1.807, 2.05) is 81.8 Å². The fourth-order valence-electron chi connectivity index (χ4n) is 5.57. The average molecular weight is 526 g/mol. The third kappa shape index (κ3) is 4.25. The predicted octanol–water partition coefficient (Wildman–Crippen LogP) is 9.03. The van der Waals surface area contributed by atoms with Crippen molar-refractivity contribution in [2.75, 3.05) is 0 Å². The topological polar surface area (TPSA) is 40.8 Å². The van der Waals surface area contributed by atoms with E-state index >= 15 is 4.39 Å². The van der Waals surface area contributed by atoms with Gasteiger partial charge in [-0.15, -0.1) is 0 Å². The lowest BCUT2D eigenvalue weighted by Gasteiger charge is -2.19. The van der Waals surface area contributed by atoms with Crippen LogP contribution in [0.3, 0.4) is 0 Å². The zero-order chi connectivity index (χ0) is 28.2. The van der Waals surface area contributed by atoms with Gasteiger partial charge in [0.2, 0.25) is 11.9 Å². The molecule has 0 aliphatic carbocycles. The summed E-state index contributed by atoms with van der Waals surface area (Å²) in [6.07, 6.45) is 1.55. The first-order chi connectivity index (χ1) is 19.2. The Morgan fingerprint density at radius 1 is 0.800 bits per heavy atom. The lowest BCUT2D eigenvalue weighted by Crippen LogP contribution is -2.33. The molecule has 4 aromatic carbocycles. The summed E-state index contributed by atoms with van der Waals surface area (Å²) >= 11 is 0. The number of aryl methyl sites for hydroxylation is 2. The van der Waals surface area contributed by atoms with Gasteiger partial charge >= 0.3 is 0 Å². The average Bonchev–Trinajstić information content (AvgIpc) is 3.31. The Hall–Kier alpha value is -4.75. The van der Waals surface area contributed by atoms with Crippen LogP contribution in [0.2, 0.25) is 0 Å². The van der Waals surface area contributed by atoms with Crippen molar-refractivity contribution in [3.63, 3.8) is 0 Å². The molecule has 0 spiro atoms. The Kier molecular flexibility index (Phi) is 6.04. The van der Waals surface area contributed by atoms with Gasteiger partial charge in [0, 0.05) is 28.0 Å². The van der Waals surface area contributed by atoms with Crippen LogP contribution in [0.15, 0.2) is 95.5 Å². The molecule has 0 radical (unpaired) electrons. The van der Waals surface area contributed by atoms with E-state index < -0.39 is 0 Å². The van der Waals surface area contributed by atoms with Crippen LogP contribution < -0.4 is 4.57 Å². The summed E-state index contributed by atoms with van der Waals surface area (Å²) in [5.74, 6) is -0.229. The molecule has 3 nitrogen and oxygen atoms in total. The minimum absolute atomic E-state index is 0.229. The second-order valence-corrected chi connectivity index (χ2v) is 11.5. The maximum absolute atomic E-state index is 15.0. The van der Waals surface area contributed by atoms with Crippen LogP contribution in [0.5, 0.6) is 0 Å². The SMILES string of the molecule is Cc1ccc2c(oc3c(-c4cccc(-c5ccccc5)c4)cc(C#N)cc32)c1-c1cc(C(C)(C)C)c(F)c[n+]1C.